The van der Waals surface area contributed by atoms with Crippen LogP contribution in [0.25, 0.3) is 0 Å². The Morgan fingerprint density at radius 3 is 2.42 bits per heavy atom. The zero-order chi connectivity index (χ0) is 27.0. The molecule has 2 aliphatic carbocycles. The van der Waals surface area contributed by atoms with Gasteiger partial charge in [0.1, 0.15) is 29.6 Å². The highest BCUT2D eigenvalue weighted by molar-refractivity contribution is 6.16. The molecule has 0 amide bonds. The third kappa shape index (κ3) is 4.55. The summed E-state index contributed by atoms with van der Waals surface area (Å²) < 4.78 is 17.8. The fourth-order valence-corrected chi connectivity index (χ4v) is 6.27. The molecule has 0 aromatic heterocycles. The molecule has 2 aliphatic rings. The third-order valence-corrected chi connectivity index (χ3v) is 8.25. The molecule has 0 saturated heterocycles. The first-order chi connectivity index (χ1) is 18.2. The normalized spacial score (nSPS) is 18.0. The number of allylic oxidation sites excluding steroid dienone is 2. The lowest BCUT2D eigenvalue weighted by Gasteiger charge is -2.38. The van der Waals surface area contributed by atoms with Crippen LogP contribution in [0.4, 0.5) is 0 Å². The van der Waals surface area contributed by atoms with Crippen molar-refractivity contribution < 1.29 is 24.1 Å². The summed E-state index contributed by atoms with van der Waals surface area (Å²) >= 11 is 0. The smallest absolute Gasteiger partial charge is 0.201 e. The van der Waals surface area contributed by atoms with E-state index in [9.17, 15) is 9.90 Å². The highest BCUT2D eigenvalue weighted by atomic mass is 16.5. The zero-order valence-electron chi connectivity index (χ0n) is 22.9. The zero-order valence-corrected chi connectivity index (χ0v) is 22.9. The highest BCUT2D eigenvalue weighted by Gasteiger charge is 2.41. The Morgan fingerprint density at radius 1 is 0.974 bits per heavy atom. The maximum absolute atomic E-state index is 14.1. The van der Waals surface area contributed by atoms with Gasteiger partial charge in [0.05, 0.1) is 25.3 Å². The van der Waals surface area contributed by atoms with E-state index in [-0.39, 0.29) is 22.9 Å². The number of ether oxygens (including phenoxy) is 3. The minimum atomic E-state index is -0.262. The molecular weight excluding hydrogens is 476 g/mol. The summed E-state index contributed by atoms with van der Waals surface area (Å²) in [4.78, 5) is 14.1. The van der Waals surface area contributed by atoms with E-state index in [0.717, 1.165) is 36.0 Å². The molecule has 0 fully saturated rings. The molecule has 1 N–H and O–H groups in total. The van der Waals surface area contributed by atoms with Crippen LogP contribution in [0.3, 0.4) is 0 Å². The number of phenolic OH excluding ortho intramolecular Hbond substituents is 1. The van der Waals surface area contributed by atoms with Crippen LogP contribution in [-0.2, 0) is 6.61 Å². The lowest BCUT2D eigenvalue weighted by molar-refractivity contribution is 0.102. The Morgan fingerprint density at radius 2 is 1.74 bits per heavy atom. The summed E-state index contributed by atoms with van der Waals surface area (Å²) in [6.07, 6.45) is 4.09. The van der Waals surface area contributed by atoms with Gasteiger partial charge in [0, 0.05) is 17.5 Å². The number of phenols is 1. The first-order valence-corrected chi connectivity index (χ1v) is 13.3. The average Bonchev–Trinajstić information content (AvgIpc) is 2.91. The van der Waals surface area contributed by atoms with Gasteiger partial charge >= 0.3 is 0 Å². The van der Waals surface area contributed by atoms with E-state index in [1.54, 1.807) is 32.4 Å². The molecule has 1 atom stereocenters. The van der Waals surface area contributed by atoms with Gasteiger partial charge in [0.25, 0.3) is 0 Å². The first-order valence-electron chi connectivity index (χ1n) is 13.3. The molecule has 5 heteroatoms. The number of benzene rings is 3. The van der Waals surface area contributed by atoms with Gasteiger partial charge in [-0.1, -0.05) is 55.3 Å². The van der Waals surface area contributed by atoms with E-state index in [1.807, 2.05) is 36.4 Å². The van der Waals surface area contributed by atoms with Crippen molar-refractivity contribution in [1.29, 1.82) is 0 Å². The molecule has 0 spiro atoms. The average molecular weight is 513 g/mol. The fourth-order valence-electron chi connectivity index (χ4n) is 6.27. The van der Waals surface area contributed by atoms with Crippen LogP contribution in [0.15, 0.2) is 65.7 Å². The lowest BCUT2D eigenvalue weighted by Crippen LogP contribution is -2.26. The van der Waals surface area contributed by atoms with Crippen molar-refractivity contribution in [2.45, 2.75) is 59.0 Å². The van der Waals surface area contributed by atoms with Gasteiger partial charge in [0.15, 0.2) is 0 Å². The summed E-state index contributed by atoms with van der Waals surface area (Å²) in [5.74, 6) is 1.17. The van der Waals surface area contributed by atoms with Crippen molar-refractivity contribution in [3.63, 3.8) is 0 Å². The molecule has 0 radical (unpaired) electrons. The van der Waals surface area contributed by atoms with Crippen molar-refractivity contribution in [3.05, 3.63) is 93.6 Å². The van der Waals surface area contributed by atoms with Crippen LogP contribution in [-0.4, -0.2) is 25.1 Å². The Bertz CT molecular complexity index is 1400. The quantitative estimate of drug-likeness (QED) is 0.331. The van der Waals surface area contributed by atoms with Crippen molar-refractivity contribution in [3.8, 4) is 23.0 Å². The second-order valence-corrected chi connectivity index (χ2v) is 11.0. The van der Waals surface area contributed by atoms with Crippen LogP contribution in [0, 0.1) is 5.41 Å². The maximum Gasteiger partial charge on any atom is 0.201 e. The van der Waals surface area contributed by atoms with E-state index in [1.165, 1.54) is 17.6 Å². The minimum absolute atomic E-state index is 0.0414. The molecule has 0 bridgehead atoms. The van der Waals surface area contributed by atoms with Crippen molar-refractivity contribution in [1.82, 2.24) is 0 Å². The van der Waals surface area contributed by atoms with Gasteiger partial charge < -0.3 is 19.3 Å². The monoisotopic (exact) mass is 512 g/mol. The molecule has 1 unspecified atom stereocenters. The molecule has 0 aliphatic heterocycles. The van der Waals surface area contributed by atoms with E-state index in [0.29, 0.717) is 35.0 Å². The standard InChI is InChI=1S/C33H36O5/c1-20-10-9-15-33(2,3)25(20)18-24-23-16-22(36-4)17-28(38-19-21-11-7-6-8-12-21)30(23)32(35)31-26(34)13-14-27(37-5)29(24)31/h6-8,11-14,16-17,24,34H,9-10,15,18-19H2,1-5H3. The van der Waals surface area contributed by atoms with Crippen molar-refractivity contribution in [2.75, 3.05) is 14.2 Å². The van der Waals surface area contributed by atoms with Crippen LogP contribution < -0.4 is 14.2 Å². The number of aromatic hydroxyl groups is 1. The van der Waals surface area contributed by atoms with E-state index < -0.39 is 0 Å². The predicted octanol–water partition coefficient (Wildman–Crippen LogP) is 7.58. The van der Waals surface area contributed by atoms with Crippen molar-refractivity contribution >= 4 is 5.78 Å². The van der Waals surface area contributed by atoms with Gasteiger partial charge in [-0.3, -0.25) is 4.79 Å². The molecule has 0 heterocycles. The maximum atomic E-state index is 14.1. The minimum Gasteiger partial charge on any atom is -0.507 e. The SMILES string of the molecule is COc1cc(OCc2ccccc2)c2c(c1)C(CC1=C(C)CCCC1(C)C)c1c(OC)ccc(O)c1C2=O. The topological polar surface area (TPSA) is 65.0 Å². The van der Waals surface area contributed by atoms with E-state index in [4.69, 9.17) is 14.2 Å². The van der Waals surface area contributed by atoms with Crippen molar-refractivity contribution in [2.24, 2.45) is 5.41 Å². The Labute approximate surface area is 225 Å². The molecule has 198 valence electrons. The second-order valence-electron chi connectivity index (χ2n) is 11.0. The number of rotatable bonds is 7. The van der Waals surface area contributed by atoms with Crippen LogP contribution in [0.1, 0.15) is 85.0 Å². The van der Waals surface area contributed by atoms with Crippen LogP contribution in [0.2, 0.25) is 0 Å². The summed E-state index contributed by atoms with van der Waals surface area (Å²) in [5, 5.41) is 11.0. The molecular formula is C33H36O5. The fraction of sp³-hybridized carbons (Fsp3) is 0.364. The third-order valence-electron chi connectivity index (χ3n) is 8.25. The summed E-state index contributed by atoms with van der Waals surface area (Å²) in [6.45, 7) is 7.15. The number of methoxy groups -OCH3 is 2. The van der Waals surface area contributed by atoms with Crippen LogP contribution in [0.5, 0.6) is 23.0 Å². The second kappa shape index (κ2) is 10.2. The Kier molecular flexibility index (Phi) is 6.95. The highest BCUT2D eigenvalue weighted by Crippen LogP contribution is 2.53. The molecule has 5 nitrogen and oxygen atoms in total. The number of fused-ring (bicyclic) bond motifs is 2. The molecule has 0 saturated carbocycles. The van der Waals surface area contributed by atoms with Gasteiger partial charge in [-0.25, -0.2) is 0 Å². The molecule has 5 rings (SSSR count). The Hall–Kier alpha value is -3.73. The lowest BCUT2D eigenvalue weighted by atomic mass is 9.66. The van der Waals surface area contributed by atoms with Gasteiger partial charge in [-0.2, -0.15) is 0 Å². The van der Waals surface area contributed by atoms with Gasteiger partial charge in [-0.15, -0.1) is 0 Å². The van der Waals surface area contributed by atoms with Crippen LogP contribution >= 0.6 is 0 Å². The number of carbonyl (C=O) groups is 1. The first kappa shape index (κ1) is 25.9. The Balaban J connectivity index is 1.71. The number of hydrogen-bond acceptors (Lipinski definition) is 5. The van der Waals surface area contributed by atoms with Gasteiger partial charge in [0.2, 0.25) is 5.78 Å². The molecule has 38 heavy (non-hydrogen) atoms. The van der Waals surface area contributed by atoms with Gasteiger partial charge in [-0.05, 0) is 67.3 Å². The summed E-state index contributed by atoms with van der Waals surface area (Å²) in [6, 6.07) is 16.9. The molecule has 3 aromatic rings. The summed E-state index contributed by atoms with van der Waals surface area (Å²) in [5.41, 5.74) is 6.20. The van der Waals surface area contributed by atoms with E-state index >= 15 is 0 Å². The number of hydrogen-bond donors (Lipinski definition) is 1. The predicted molar refractivity (Wildman–Crippen MR) is 149 cm³/mol. The summed E-state index contributed by atoms with van der Waals surface area (Å²) in [7, 11) is 3.23. The number of carbonyl (C=O) groups excluding carboxylic acids is 1. The number of ketones is 1. The largest absolute Gasteiger partial charge is 0.507 e. The van der Waals surface area contributed by atoms with E-state index in [2.05, 4.69) is 20.8 Å². The molecule has 3 aromatic carbocycles.